The summed E-state index contributed by atoms with van der Waals surface area (Å²) >= 11 is 0. The Kier molecular flexibility index (Phi) is 6.17. The molecule has 0 heterocycles. The van der Waals surface area contributed by atoms with Gasteiger partial charge in [0.1, 0.15) is 5.82 Å². The van der Waals surface area contributed by atoms with Crippen molar-refractivity contribution in [3.8, 4) is 0 Å². The molecule has 0 radical (unpaired) electrons. The molecule has 0 bridgehead atoms. The molecule has 0 aliphatic rings. The van der Waals surface area contributed by atoms with E-state index < -0.39 is 23.8 Å². The number of aryl methyl sites for hydroxylation is 2. The van der Waals surface area contributed by atoms with Gasteiger partial charge in [-0.05, 0) is 42.2 Å². The van der Waals surface area contributed by atoms with Gasteiger partial charge in [-0.3, -0.25) is 4.79 Å². The molecule has 2 N–H and O–H groups in total. The Bertz CT molecular complexity index is 955. The zero-order chi connectivity index (χ0) is 19.9. The Hall–Kier alpha value is -3.47. The highest BCUT2D eigenvalue weighted by Crippen LogP contribution is 2.21. The lowest BCUT2D eigenvalue weighted by Gasteiger charge is -2.16. The first kappa shape index (κ1) is 19.3. The fourth-order valence-electron chi connectivity index (χ4n) is 2.96. The number of halogens is 1. The summed E-state index contributed by atoms with van der Waals surface area (Å²) in [4.78, 5) is 24.5. The maximum atomic E-state index is 13.1. The summed E-state index contributed by atoms with van der Waals surface area (Å²) in [6, 6.07) is 22.2. The average molecular weight is 377 g/mol. The van der Waals surface area contributed by atoms with Crippen LogP contribution in [0.4, 0.5) is 4.39 Å². The molecule has 0 saturated carbocycles. The highest BCUT2D eigenvalue weighted by atomic mass is 19.1. The van der Waals surface area contributed by atoms with Crippen LogP contribution in [-0.2, 0) is 22.4 Å². The smallest absolute Gasteiger partial charge is 0.339 e. The summed E-state index contributed by atoms with van der Waals surface area (Å²) < 4.78 is 18.5. The third-order valence-corrected chi connectivity index (χ3v) is 4.42. The van der Waals surface area contributed by atoms with Crippen molar-refractivity contribution in [3.05, 3.63) is 107 Å². The molecule has 0 aromatic heterocycles. The van der Waals surface area contributed by atoms with Crippen molar-refractivity contribution in [2.24, 2.45) is 5.73 Å². The minimum Gasteiger partial charge on any atom is -0.444 e. The number of ether oxygens (including phenoxy) is 1. The molecule has 0 aliphatic heterocycles. The van der Waals surface area contributed by atoms with Crippen LogP contribution in [0.25, 0.3) is 0 Å². The minimum atomic E-state index is -1.28. The van der Waals surface area contributed by atoms with Gasteiger partial charge >= 0.3 is 5.97 Å². The predicted octanol–water partition coefficient (Wildman–Crippen LogP) is 3.99. The van der Waals surface area contributed by atoms with E-state index in [-0.39, 0.29) is 0 Å². The van der Waals surface area contributed by atoms with Crippen LogP contribution in [0.3, 0.4) is 0 Å². The van der Waals surface area contributed by atoms with Crippen LogP contribution in [-0.4, -0.2) is 11.9 Å². The molecule has 1 unspecified atom stereocenters. The molecule has 5 heteroatoms. The Balaban J connectivity index is 1.77. The van der Waals surface area contributed by atoms with Crippen molar-refractivity contribution < 1.29 is 18.7 Å². The number of hydrogen-bond donors (Lipinski definition) is 1. The van der Waals surface area contributed by atoms with Gasteiger partial charge in [0.05, 0.1) is 5.56 Å². The second-order valence-electron chi connectivity index (χ2n) is 6.38. The molecule has 0 saturated heterocycles. The largest absolute Gasteiger partial charge is 0.444 e. The number of hydrogen-bond acceptors (Lipinski definition) is 3. The average Bonchev–Trinajstić information content (AvgIpc) is 2.72. The van der Waals surface area contributed by atoms with Crippen molar-refractivity contribution in [1.82, 2.24) is 0 Å². The summed E-state index contributed by atoms with van der Waals surface area (Å²) in [5, 5.41) is 0. The molecule has 4 nitrogen and oxygen atoms in total. The topological polar surface area (TPSA) is 69.4 Å². The Morgan fingerprint density at radius 1 is 0.857 bits per heavy atom. The van der Waals surface area contributed by atoms with Gasteiger partial charge in [0.25, 0.3) is 5.91 Å². The van der Waals surface area contributed by atoms with Gasteiger partial charge in [0, 0.05) is 5.56 Å². The van der Waals surface area contributed by atoms with Crippen LogP contribution in [0.5, 0.6) is 0 Å². The highest BCUT2D eigenvalue weighted by molar-refractivity contribution is 5.93. The molecule has 1 amide bonds. The van der Waals surface area contributed by atoms with Crippen molar-refractivity contribution in [2.45, 2.75) is 18.9 Å². The van der Waals surface area contributed by atoms with E-state index in [0.717, 1.165) is 17.5 Å². The van der Waals surface area contributed by atoms with Crippen LogP contribution < -0.4 is 5.73 Å². The number of nitrogens with two attached hydrogens (primary N) is 1. The number of benzene rings is 3. The molecule has 3 aromatic rings. The molecule has 142 valence electrons. The van der Waals surface area contributed by atoms with Crippen LogP contribution >= 0.6 is 0 Å². The Morgan fingerprint density at radius 2 is 1.50 bits per heavy atom. The summed E-state index contributed by atoms with van der Waals surface area (Å²) in [6.45, 7) is 0. The maximum absolute atomic E-state index is 13.1. The zero-order valence-electron chi connectivity index (χ0n) is 15.2. The van der Waals surface area contributed by atoms with Crippen molar-refractivity contribution >= 4 is 11.9 Å². The number of amides is 1. The minimum absolute atomic E-state index is 0.323. The first-order valence-electron chi connectivity index (χ1n) is 8.92. The highest BCUT2D eigenvalue weighted by Gasteiger charge is 2.24. The molecule has 1 atom stereocenters. The molecule has 0 fully saturated rings. The van der Waals surface area contributed by atoms with E-state index in [2.05, 4.69) is 0 Å². The Labute approximate surface area is 162 Å². The van der Waals surface area contributed by atoms with Crippen LogP contribution in [0.2, 0.25) is 0 Å². The molecule has 0 spiro atoms. The molecular formula is C23H20FNO3. The first-order chi connectivity index (χ1) is 13.5. The van der Waals surface area contributed by atoms with Crippen molar-refractivity contribution in [3.63, 3.8) is 0 Å². The second-order valence-corrected chi connectivity index (χ2v) is 6.38. The molecule has 3 rings (SSSR count). The monoisotopic (exact) mass is 377 g/mol. The van der Waals surface area contributed by atoms with E-state index in [4.69, 9.17) is 10.5 Å². The van der Waals surface area contributed by atoms with Crippen LogP contribution in [0.15, 0.2) is 78.9 Å². The zero-order valence-corrected chi connectivity index (χ0v) is 15.2. The third kappa shape index (κ3) is 4.82. The number of rotatable bonds is 7. The van der Waals surface area contributed by atoms with Gasteiger partial charge < -0.3 is 10.5 Å². The van der Waals surface area contributed by atoms with Gasteiger partial charge in [-0.15, -0.1) is 0 Å². The van der Waals surface area contributed by atoms with E-state index in [1.165, 1.54) is 24.3 Å². The molecule has 0 aliphatic carbocycles. The van der Waals surface area contributed by atoms with Crippen LogP contribution in [0.1, 0.15) is 33.2 Å². The number of carbonyl (C=O) groups is 2. The summed E-state index contributed by atoms with van der Waals surface area (Å²) in [5.74, 6) is -1.91. The number of esters is 1. The van der Waals surface area contributed by atoms with Crippen molar-refractivity contribution in [2.75, 3.05) is 0 Å². The molecule has 28 heavy (non-hydrogen) atoms. The first-order valence-corrected chi connectivity index (χ1v) is 8.92. The van der Waals surface area contributed by atoms with Gasteiger partial charge in [-0.1, -0.05) is 60.7 Å². The van der Waals surface area contributed by atoms with Gasteiger partial charge in [0.2, 0.25) is 6.10 Å². The fourth-order valence-corrected chi connectivity index (χ4v) is 2.96. The second kappa shape index (κ2) is 8.95. The van der Waals surface area contributed by atoms with E-state index in [0.29, 0.717) is 17.5 Å². The predicted molar refractivity (Wildman–Crippen MR) is 104 cm³/mol. The Morgan fingerprint density at radius 3 is 2.18 bits per heavy atom. The normalized spacial score (nSPS) is 11.6. The lowest BCUT2D eigenvalue weighted by Crippen LogP contribution is -2.26. The van der Waals surface area contributed by atoms with Crippen molar-refractivity contribution in [1.29, 1.82) is 0 Å². The van der Waals surface area contributed by atoms with Gasteiger partial charge in [0.15, 0.2) is 0 Å². The maximum Gasteiger partial charge on any atom is 0.339 e. The van der Waals surface area contributed by atoms with Crippen LogP contribution in [0, 0.1) is 5.82 Å². The lowest BCUT2D eigenvalue weighted by molar-refractivity contribution is -0.127. The van der Waals surface area contributed by atoms with E-state index in [1.807, 2.05) is 42.5 Å². The lowest BCUT2D eigenvalue weighted by atomic mass is 10.00. The van der Waals surface area contributed by atoms with Gasteiger partial charge in [-0.25, -0.2) is 9.18 Å². The number of carbonyl (C=O) groups excluding carboxylic acids is 2. The summed E-state index contributed by atoms with van der Waals surface area (Å²) in [6.07, 6.45) is 0.130. The van der Waals surface area contributed by atoms with E-state index in [1.54, 1.807) is 12.1 Å². The summed E-state index contributed by atoms with van der Waals surface area (Å²) in [7, 11) is 0. The standard InChI is InChI=1S/C23H20FNO3/c24-19-14-12-18(13-15-19)21(22(25)26)28-23(27)20-9-5-4-8-17(20)11-10-16-6-2-1-3-7-16/h1-9,12-15,21H,10-11H2,(H2,25,26). The fraction of sp³-hybridized carbons (Fsp3) is 0.130. The quantitative estimate of drug-likeness (QED) is 0.633. The SMILES string of the molecule is NC(=O)C(OC(=O)c1ccccc1CCc1ccccc1)c1ccc(F)cc1. The van der Waals surface area contributed by atoms with E-state index in [9.17, 15) is 14.0 Å². The van der Waals surface area contributed by atoms with E-state index >= 15 is 0 Å². The molecule has 3 aromatic carbocycles. The third-order valence-electron chi connectivity index (χ3n) is 4.42. The molecular weight excluding hydrogens is 357 g/mol. The number of primary amides is 1. The summed E-state index contributed by atoms with van der Waals surface area (Å²) in [5.41, 5.74) is 8.08. The van der Waals surface area contributed by atoms with Gasteiger partial charge in [-0.2, -0.15) is 0 Å².